The molecule has 2 rings (SSSR count). The van der Waals surface area contributed by atoms with Crippen LogP contribution >= 0.6 is 0 Å². The van der Waals surface area contributed by atoms with E-state index in [1.54, 1.807) is 30.3 Å². The minimum Gasteiger partial charge on any atom is -0.496 e. The normalized spacial score (nSPS) is 10.3. The van der Waals surface area contributed by atoms with Gasteiger partial charge in [-0.25, -0.2) is 0 Å². The predicted octanol–water partition coefficient (Wildman–Crippen LogP) is 3.64. The van der Waals surface area contributed by atoms with Crippen LogP contribution in [0.5, 0.6) is 11.5 Å². The highest BCUT2D eigenvalue weighted by atomic mass is 16.6. The van der Waals surface area contributed by atoms with Gasteiger partial charge in [0.25, 0.3) is 11.6 Å². The smallest absolute Gasteiger partial charge is 0.296 e. The third-order valence-electron chi connectivity index (χ3n) is 3.12. The van der Waals surface area contributed by atoms with Crippen molar-refractivity contribution in [2.24, 2.45) is 0 Å². The van der Waals surface area contributed by atoms with E-state index in [0.717, 1.165) is 0 Å². The van der Waals surface area contributed by atoms with Gasteiger partial charge in [-0.15, -0.1) is 0 Å². The summed E-state index contributed by atoms with van der Waals surface area (Å²) in [6.07, 6.45) is -0.0222. The monoisotopic (exact) mass is 330 g/mol. The number of nitrogens with zero attached hydrogens (tertiary/aromatic N) is 1. The van der Waals surface area contributed by atoms with Crippen molar-refractivity contribution in [2.75, 3.05) is 12.4 Å². The van der Waals surface area contributed by atoms with Crippen LogP contribution in [0.2, 0.25) is 0 Å². The third-order valence-corrected chi connectivity index (χ3v) is 3.12. The van der Waals surface area contributed by atoms with Crippen LogP contribution in [0.3, 0.4) is 0 Å². The van der Waals surface area contributed by atoms with E-state index in [2.05, 4.69) is 5.32 Å². The lowest BCUT2D eigenvalue weighted by molar-refractivity contribution is -0.384. The molecular formula is C17H18N2O5. The molecule has 24 heavy (non-hydrogen) atoms. The van der Waals surface area contributed by atoms with Crippen molar-refractivity contribution in [1.29, 1.82) is 0 Å². The summed E-state index contributed by atoms with van der Waals surface area (Å²) in [5.41, 5.74) is 0.205. The first-order valence-corrected chi connectivity index (χ1v) is 7.31. The van der Waals surface area contributed by atoms with Crippen molar-refractivity contribution < 1.29 is 19.2 Å². The maximum atomic E-state index is 12.4. The van der Waals surface area contributed by atoms with E-state index < -0.39 is 10.8 Å². The Morgan fingerprint density at radius 3 is 2.54 bits per heavy atom. The number of rotatable bonds is 6. The van der Waals surface area contributed by atoms with Gasteiger partial charge in [0.15, 0.2) is 0 Å². The summed E-state index contributed by atoms with van der Waals surface area (Å²) in [6.45, 7) is 3.76. The molecule has 7 heteroatoms. The number of amides is 1. The lowest BCUT2D eigenvalue weighted by Gasteiger charge is -2.11. The van der Waals surface area contributed by atoms with Crippen LogP contribution in [-0.4, -0.2) is 24.0 Å². The number of anilines is 1. The first kappa shape index (κ1) is 17.3. The molecule has 2 aromatic carbocycles. The van der Waals surface area contributed by atoms with E-state index in [-0.39, 0.29) is 17.5 Å². The molecule has 0 aliphatic heterocycles. The minimum atomic E-state index is -0.573. The van der Waals surface area contributed by atoms with Crippen LogP contribution < -0.4 is 14.8 Å². The van der Waals surface area contributed by atoms with Gasteiger partial charge in [0.2, 0.25) is 0 Å². The van der Waals surface area contributed by atoms with Gasteiger partial charge in [0.1, 0.15) is 17.2 Å². The Hall–Kier alpha value is -3.09. The molecule has 0 aliphatic carbocycles. The summed E-state index contributed by atoms with van der Waals surface area (Å²) in [6, 6.07) is 10.9. The van der Waals surface area contributed by atoms with Crippen molar-refractivity contribution in [3.8, 4) is 11.5 Å². The SMILES string of the molecule is COc1ccc(NC(=O)c2cccc(OC(C)C)c2)c([N+](=O)[O-])c1. The minimum absolute atomic E-state index is 0.0222. The number of nitro groups is 1. The van der Waals surface area contributed by atoms with Crippen LogP contribution in [0, 0.1) is 10.1 Å². The topological polar surface area (TPSA) is 90.7 Å². The molecule has 0 unspecified atom stereocenters. The average molecular weight is 330 g/mol. The van der Waals surface area contributed by atoms with Crippen molar-refractivity contribution >= 4 is 17.3 Å². The highest BCUT2D eigenvalue weighted by molar-refractivity contribution is 6.05. The van der Waals surface area contributed by atoms with E-state index in [0.29, 0.717) is 17.1 Å². The van der Waals surface area contributed by atoms with Gasteiger partial charge in [-0.3, -0.25) is 14.9 Å². The maximum absolute atomic E-state index is 12.4. The van der Waals surface area contributed by atoms with Crippen molar-refractivity contribution in [1.82, 2.24) is 0 Å². The molecule has 0 spiro atoms. The van der Waals surface area contributed by atoms with Crippen LogP contribution in [0.1, 0.15) is 24.2 Å². The molecule has 0 bridgehead atoms. The zero-order valence-corrected chi connectivity index (χ0v) is 13.6. The van der Waals surface area contributed by atoms with Crippen LogP contribution in [0.4, 0.5) is 11.4 Å². The first-order valence-electron chi connectivity index (χ1n) is 7.31. The van der Waals surface area contributed by atoms with Gasteiger partial charge < -0.3 is 14.8 Å². The fraction of sp³-hybridized carbons (Fsp3) is 0.235. The maximum Gasteiger partial charge on any atom is 0.296 e. The van der Waals surface area contributed by atoms with Gasteiger partial charge in [-0.1, -0.05) is 6.07 Å². The van der Waals surface area contributed by atoms with Gasteiger partial charge in [0, 0.05) is 5.56 Å². The van der Waals surface area contributed by atoms with Crippen LogP contribution in [0.25, 0.3) is 0 Å². The van der Waals surface area contributed by atoms with E-state index >= 15 is 0 Å². The van der Waals surface area contributed by atoms with E-state index in [1.807, 2.05) is 13.8 Å². The largest absolute Gasteiger partial charge is 0.496 e. The van der Waals surface area contributed by atoms with Crippen molar-refractivity contribution in [3.63, 3.8) is 0 Å². The van der Waals surface area contributed by atoms with Gasteiger partial charge in [-0.05, 0) is 44.2 Å². The second-order valence-corrected chi connectivity index (χ2v) is 5.29. The average Bonchev–Trinajstić information content (AvgIpc) is 2.54. The van der Waals surface area contributed by atoms with Gasteiger partial charge >= 0.3 is 0 Å². The number of methoxy groups -OCH3 is 1. The lowest BCUT2D eigenvalue weighted by Crippen LogP contribution is -2.14. The molecule has 0 saturated carbocycles. The van der Waals surface area contributed by atoms with E-state index in [9.17, 15) is 14.9 Å². The molecule has 7 nitrogen and oxygen atoms in total. The fourth-order valence-electron chi connectivity index (χ4n) is 2.07. The number of nitrogens with one attached hydrogen (secondary N) is 1. The molecule has 0 heterocycles. The number of hydrogen-bond acceptors (Lipinski definition) is 5. The van der Waals surface area contributed by atoms with Crippen LogP contribution in [0.15, 0.2) is 42.5 Å². The Morgan fingerprint density at radius 2 is 1.92 bits per heavy atom. The highest BCUT2D eigenvalue weighted by Crippen LogP contribution is 2.29. The van der Waals surface area contributed by atoms with Crippen LogP contribution in [-0.2, 0) is 0 Å². The molecule has 0 atom stereocenters. The molecule has 0 radical (unpaired) electrons. The molecule has 126 valence electrons. The van der Waals surface area contributed by atoms with Crippen molar-refractivity contribution in [2.45, 2.75) is 20.0 Å². The summed E-state index contributed by atoms with van der Waals surface area (Å²) in [5, 5.41) is 13.7. The number of benzene rings is 2. The lowest BCUT2D eigenvalue weighted by atomic mass is 10.2. The summed E-state index contributed by atoms with van der Waals surface area (Å²) < 4.78 is 10.5. The number of nitro benzene ring substituents is 1. The second-order valence-electron chi connectivity index (χ2n) is 5.29. The van der Waals surface area contributed by atoms with E-state index in [1.165, 1.54) is 19.2 Å². The zero-order valence-electron chi connectivity index (χ0n) is 13.6. The molecule has 0 aromatic heterocycles. The van der Waals surface area contributed by atoms with Gasteiger partial charge in [0.05, 0.1) is 24.2 Å². The standard InChI is InChI=1S/C17H18N2O5/c1-11(2)24-14-6-4-5-12(9-14)17(20)18-15-8-7-13(23-3)10-16(15)19(21)22/h4-11H,1-3H3,(H,18,20). The van der Waals surface area contributed by atoms with Gasteiger partial charge in [-0.2, -0.15) is 0 Å². The molecule has 1 amide bonds. The molecule has 1 N–H and O–H groups in total. The second kappa shape index (κ2) is 7.45. The molecule has 0 saturated heterocycles. The van der Waals surface area contributed by atoms with E-state index in [4.69, 9.17) is 9.47 Å². The first-order chi connectivity index (χ1) is 11.4. The molecule has 0 fully saturated rings. The third kappa shape index (κ3) is 4.22. The number of carbonyl (C=O) groups is 1. The molecular weight excluding hydrogens is 312 g/mol. The summed E-state index contributed by atoms with van der Waals surface area (Å²) in [4.78, 5) is 22.9. The summed E-state index contributed by atoms with van der Waals surface area (Å²) in [7, 11) is 1.41. The Labute approximate surface area is 139 Å². The Morgan fingerprint density at radius 1 is 1.17 bits per heavy atom. The summed E-state index contributed by atoms with van der Waals surface area (Å²) in [5.74, 6) is 0.436. The number of hydrogen-bond donors (Lipinski definition) is 1. The molecule has 2 aromatic rings. The summed E-state index contributed by atoms with van der Waals surface area (Å²) >= 11 is 0. The zero-order chi connectivity index (χ0) is 17.7. The highest BCUT2D eigenvalue weighted by Gasteiger charge is 2.18. The Balaban J connectivity index is 2.25. The Kier molecular flexibility index (Phi) is 5.36. The quantitative estimate of drug-likeness (QED) is 0.645. The fourth-order valence-corrected chi connectivity index (χ4v) is 2.07. The predicted molar refractivity (Wildman–Crippen MR) is 89.8 cm³/mol. The van der Waals surface area contributed by atoms with Crippen molar-refractivity contribution in [3.05, 3.63) is 58.1 Å². The number of carbonyl (C=O) groups excluding carboxylic acids is 1. The molecule has 0 aliphatic rings. The Bertz CT molecular complexity index is 758. The number of ether oxygens (including phenoxy) is 2.